The van der Waals surface area contributed by atoms with Gasteiger partial charge in [-0.05, 0) is 35.9 Å². The second-order valence-electron chi connectivity index (χ2n) is 4.41. The van der Waals surface area contributed by atoms with Gasteiger partial charge in [0.15, 0.2) is 0 Å². The summed E-state index contributed by atoms with van der Waals surface area (Å²) in [5.41, 5.74) is 2.94. The van der Waals surface area contributed by atoms with Crippen LogP contribution in [0, 0.1) is 0 Å². The van der Waals surface area contributed by atoms with Gasteiger partial charge in [-0.1, -0.05) is 12.1 Å². The zero-order chi connectivity index (χ0) is 11.5. The van der Waals surface area contributed by atoms with E-state index in [-0.39, 0.29) is 0 Å². The Morgan fingerprint density at radius 2 is 2.18 bits per heavy atom. The van der Waals surface area contributed by atoms with Crippen molar-refractivity contribution in [1.82, 2.24) is 4.90 Å². The van der Waals surface area contributed by atoms with Crippen LogP contribution in [-0.2, 0) is 4.74 Å². The number of hydrogen-bond acceptors (Lipinski definition) is 3. The summed E-state index contributed by atoms with van der Waals surface area (Å²) in [7, 11) is 0. The lowest BCUT2D eigenvalue weighted by Crippen LogP contribution is -2.35. The number of nitrogens with zero attached hydrogens (tertiary/aromatic N) is 1. The molecule has 0 bridgehead atoms. The van der Waals surface area contributed by atoms with E-state index in [4.69, 9.17) is 4.74 Å². The number of ether oxygens (including phenoxy) is 1. The highest BCUT2D eigenvalue weighted by molar-refractivity contribution is 7.10. The summed E-state index contributed by atoms with van der Waals surface area (Å²) in [6.07, 6.45) is 7.10. The highest BCUT2D eigenvalue weighted by Crippen LogP contribution is 2.31. The Morgan fingerprint density at radius 3 is 2.94 bits per heavy atom. The monoisotopic (exact) mass is 247 g/mol. The van der Waals surface area contributed by atoms with Gasteiger partial charge in [0.2, 0.25) is 0 Å². The molecule has 0 spiro atoms. The smallest absolute Gasteiger partial charge is 0.0642 e. The Hall–Kier alpha value is -1.06. The Balaban J connectivity index is 1.79. The van der Waals surface area contributed by atoms with Crippen LogP contribution in [0.4, 0.5) is 0 Å². The van der Waals surface area contributed by atoms with Crippen molar-refractivity contribution in [2.45, 2.75) is 12.8 Å². The number of thiophene rings is 1. The zero-order valence-electron chi connectivity index (χ0n) is 9.89. The molecule has 1 aromatic rings. The molecule has 0 radical (unpaired) electrons. The summed E-state index contributed by atoms with van der Waals surface area (Å²) < 4.78 is 5.41. The molecule has 0 N–H and O–H groups in total. The van der Waals surface area contributed by atoms with Crippen molar-refractivity contribution in [3.8, 4) is 0 Å². The highest BCUT2D eigenvalue weighted by atomic mass is 32.1. The molecule has 3 heteroatoms. The molecule has 1 aliphatic carbocycles. The van der Waals surface area contributed by atoms with Crippen LogP contribution >= 0.6 is 11.3 Å². The van der Waals surface area contributed by atoms with E-state index >= 15 is 0 Å². The van der Waals surface area contributed by atoms with Crippen molar-refractivity contribution in [2.75, 3.05) is 26.3 Å². The highest BCUT2D eigenvalue weighted by Gasteiger charge is 2.20. The van der Waals surface area contributed by atoms with Crippen LogP contribution in [0.5, 0.6) is 0 Å². The summed E-state index contributed by atoms with van der Waals surface area (Å²) in [6, 6.07) is 4.30. The second kappa shape index (κ2) is 5.07. The minimum absolute atomic E-state index is 0.865. The van der Waals surface area contributed by atoms with Gasteiger partial charge in [-0.25, -0.2) is 0 Å². The molecule has 0 amide bonds. The normalized spacial score (nSPS) is 23.2. The first-order valence-electron chi connectivity index (χ1n) is 6.21. The first-order valence-corrected chi connectivity index (χ1v) is 7.09. The summed E-state index contributed by atoms with van der Waals surface area (Å²) in [5, 5.41) is 2.14. The van der Waals surface area contributed by atoms with Gasteiger partial charge in [0.25, 0.3) is 0 Å². The molecule has 1 fully saturated rings. The molecule has 3 rings (SSSR count). The summed E-state index contributed by atoms with van der Waals surface area (Å²) in [5.74, 6) is 0. The van der Waals surface area contributed by atoms with E-state index in [1.807, 2.05) is 11.3 Å². The van der Waals surface area contributed by atoms with Crippen molar-refractivity contribution >= 4 is 17.4 Å². The van der Waals surface area contributed by atoms with Gasteiger partial charge in [0.1, 0.15) is 0 Å². The topological polar surface area (TPSA) is 12.5 Å². The van der Waals surface area contributed by atoms with Gasteiger partial charge in [-0.3, -0.25) is 0 Å². The number of allylic oxidation sites excluding steroid dienone is 2. The quantitative estimate of drug-likeness (QED) is 0.796. The lowest BCUT2D eigenvalue weighted by molar-refractivity contribution is 0.0550. The van der Waals surface area contributed by atoms with Crippen LogP contribution in [-0.4, -0.2) is 31.2 Å². The fraction of sp³-hybridized carbons (Fsp3) is 0.429. The predicted molar refractivity (Wildman–Crippen MR) is 72.0 cm³/mol. The lowest BCUT2D eigenvalue weighted by Gasteiger charge is -2.30. The molecule has 1 aromatic heterocycles. The molecule has 17 heavy (non-hydrogen) atoms. The first kappa shape index (κ1) is 11.1. The maximum Gasteiger partial charge on any atom is 0.0642 e. The molecule has 2 heterocycles. The first-order chi connectivity index (χ1) is 8.43. The fourth-order valence-electron chi connectivity index (χ4n) is 2.45. The molecule has 0 aromatic carbocycles. The lowest BCUT2D eigenvalue weighted by atomic mass is 10.1. The molecule has 2 nitrogen and oxygen atoms in total. The molecule has 90 valence electrons. The average molecular weight is 247 g/mol. The summed E-state index contributed by atoms with van der Waals surface area (Å²) in [4.78, 5) is 3.83. The van der Waals surface area contributed by atoms with Crippen LogP contribution in [0.1, 0.15) is 17.7 Å². The Bertz CT molecular complexity index is 427. The number of rotatable bonds is 2. The fourth-order valence-corrected chi connectivity index (χ4v) is 3.13. The average Bonchev–Trinajstić information content (AvgIpc) is 3.02. The number of morpholine rings is 1. The van der Waals surface area contributed by atoms with E-state index in [0.29, 0.717) is 0 Å². The van der Waals surface area contributed by atoms with Crippen LogP contribution in [0.2, 0.25) is 0 Å². The summed E-state index contributed by atoms with van der Waals surface area (Å²) >= 11 is 1.81. The third kappa shape index (κ3) is 2.45. The van der Waals surface area contributed by atoms with Crippen molar-refractivity contribution in [3.63, 3.8) is 0 Å². The van der Waals surface area contributed by atoms with Gasteiger partial charge in [0.05, 0.1) is 13.2 Å². The number of hydrogen-bond donors (Lipinski definition) is 0. The molecule has 2 aliphatic rings. The maximum absolute atomic E-state index is 5.41. The second-order valence-corrected chi connectivity index (χ2v) is 5.39. The Kier molecular flexibility index (Phi) is 3.29. The minimum Gasteiger partial charge on any atom is -0.378 e. The Labute approximate surface area is 106 Å². The van der Waals surface area contributed by atoms with Gasteiger partial charge in [0, 0.05) is 23.7 Å². The minimum atomic E-state index is 0.865. The third-order valence-electron chi connectivity index (χ3n) is 3.29. The van der Waals surface area contributed by atoms with Crippen molar-refractivity contribution in [3.05, 3.63) is 39.7 Å². The predicted octanol–water partition coefficient (Wildman–Crippen LogP) is 3.14. The maximum atomic E-state index is 5.41. The van der Waals surface area contributed by atoms with E-state index < -0.39 is 0 Å². The van der Waals surface area contributed by atoms with Gasteiger partial charge < -0.3 is 9.64 Å². The molecule has 0 unspecified atom stereocenters. The molecule has 1 saturated heterocycles. The SMILES string of the molecule is C1=C(N2CCOCC2)/C(=C/c2cccs2)CC1. The van der Waals surface area contributed by atoms with Crippen LogP contribution in [0.25, 0.3) is 6.08 Å². The van der Waals surface area contributed by atoms with E-state index in [9.17, 15) is 0 Å². The summed E-state index contributed by atoms with van der Waals surface area (Å²) in [6.45, 7) is 3.80. The van der Waals surface area contributed by atoms with Gasteiger partial charge >= 0.3 is 0 Å². The van der Waals surface area contributed by atoms with Crippen LogP contribution in [0.15, 0.2) is 34.9 Å². The largest absolute Gasteiger partial charge is 0.378 e. The van der Waals surface area contributed by atoms with E-state index in [1.54, 1.807) is 0 Å². The van der Waals surface area contributed by atoms with E-state index in [2.05, 4.69) is 34.6 Å². The Morgan fingerprint density at radius 1 is 1.29 bits per heavy atom. The standard InChI is InChI=1S/C14H17NOS/c1-3-12(11-13-4-2-10-17-13)14(5-1)15-6-8-16-9-7-15/h2,4-5,10-11H,1,3,6-9H2/b12-11+. The van der Waals surface area contributed by atoms with Crippen LogP contribution in [0.3, 0.4) is 0 Å². The zero-order valence-corrected chi connectivity index (χ0v) is 10.7. The van der Waals surface area contributed by atoms with Crippen molar-refractivity contribution in [2.24, 2.45) is 0 Å². The van der Waals surface area contributed by atoms with Crippen molar-refractivity contribution in [1.29, 1.82) is 0 Å². The van der Waals surface area contributed by atoms with Gasteiger partial charge in [-0.2, -0.15) is 0 Å². The molecular weight excluding hydrogens is 230 g/mol. The van der Waals surface area contributed by atoms with Crippen LogP contribution < -0.4 is 0 Å². The molecular formula is C14H17NOS. The van der Waals surface area contributed by atoms with Gasteiger partial charge in [-0.15, -0.1) is 11.3 Å². The molecule has 0 atom stereocenters. The molecule has 0 saturated carbocycles. The third-order valence-corrected chi connectivity index (χ3v) is 4.11. The van der Waals surface area contributed by atoms with E-state index in [0.717, 1.165) is 26.3 Å². The van der Waals surface area contributed by atoms with E-state index in [1.165, 1.54) is 29.0 Å². The molecule has 1 aliphatic heterocycles. The van der Waals surface area contributed by atoms with Crippen molar-refractivity contribution < 1.29 is 4.74 Å².